The molecule has 33 heavy (non-hydrogen) atoms. The predicted octanol–water partition coefficient (Wildman–Crippen LogP) is 5.77. The second-order valence-electron chi connectivity index (χ2n) is 10.5. The molecule has 0 radical (unpaired) electrons. The lowest BCUT2D eigenvalue weighted by Crippen LogP contribution is -2.39. The fourth-order valence-electron chi connectivity index (χ4n) is 4.23. The van der Waals surface area contributed by atoms with E-state index in [1.165, 1.54) is 13.2 Å². The highest BCUT2D eigenvalue weighted by Crippen LogP contribution is 2.43. The first-order valence-corrected chi connectivity index (χ1v) is 11.3. The molecule has 1 N–H and O–H groups in total. The Hall–Kier alpha value is -2.67. The SMILES string of the molecule is COc1ccc(-c2cnc(C)c([C@H](OC(C)(C)C)C(=O)O)c2N2CCC(C)(C)CC2)cc1F. The van der Waals surface area contributed by atoms with E-state index in [2.05, 4.69) is 23.7 Å². The normalized spacial score (nSPS) is 17.0. The largest absolute Gasteiger partial charge is 0.494 e. The van der Waals surface area contributed by atoms with Crippen molar-refractivity contribution in [2.45, 2.75) is 66.1 Å². The number of ether oxygens (including phenoxy) is 2. The molecule has 0 bridgehead atoms. The summed E-state index contributed by atoms with van der Waals surface area (Å²) in [6.45, 7) is 13.3. The third-order valence-electron chi connectivity index (χ3n) is 6.14. The fraction of sp³-hybridized carbons (Fsp3) is 0.538. The molecule has 0 unspecified atom stereocenters. The van der Waals surface area contributed by atoms with E-state index in [4.69, 9.17) is 9.47 Å². The molecular formula is C26H35FN2O4. The third kappa shape index (κ3) is 5.64. The van der Waals surface area contributed by atoms with Crippen LogP contribution in [-0.2, 0) is 9.53 Å². The summed E-state index contributed by atoms with van der Waals surface area (Å²) < 4.78 is 25.7. The lowest BCUT2D eigenvalue weighted by atomic mass is 9.82. The monoisotopic (exact) mass is 458 g/mol. The van der Waals surface area contributed by atoms with Crippen molar-refractivity contribution in [3.05, 3.63) is 41.5 Å². The van der Waals surface area contributed by atoms with Gasteiger partial charge in [0.15, 0.2) is 17.7 Å². The summed E-state index contributed by atoms with van der Waals surface area (Å²) in [5.41, 5.74) is 2.68. The van der Waals surface area contributed by atoms with E-state index in [1.807, 2.05) is 20.8 Å². The van der Waals surface area contributed by atoms with E-state index in [0.717, 1.165) is 31.6 Å². The molecule has 0 saturated carbocycles. The molecule has 1 aromatic heterocycles. The van der Waals surface area contributed by atoms with Crippen LogP contribution in [0.3, 0.4) is 0 Å². The van der Waals surface area contributed by atoms with Gasteiger partial charge >= 0.3 is 5.97 Å². The molecule has 1 aliphatic heterocycles. The maximum Gasteiger partial charge on any atom is 0.337 e. The second-order valence-corrected chi connectivity index (χ2v) is 10.5. The number of aliphatic carboxylic acids is 1. The molecule has 7 heteroatoms. The molecule has 2 aromatic rings. The summed E-state index contributed by atoms with van der Waals surface area (Å²) in [4.78, 5) is 19.1. The molecule has 1 saturated heterocycles. The van der Waals surface area contributed by atoms with E-state index in [0.29, 0.717) is 22.4 Å². The Bertz CT molecular complexity index is 1020. The maximum absolute atomic E-state index is 14.6. The quantitative estimate of drug-likeness (QED) is 0.592. The Balaban J connectivity index is 2.25. The van der Waals surface area contributed by atoms with Crippen molar-refractivity contribution in [3.63, 3.8) is 0 Å². The smallest absolute Gasteiger partial charge is 0.337 e. The van der Waals surface area contributed by atoms with Crippen LogP contribution in [0.2, 0.25) is 0 Å². The third-order valence-corrected chi connectivity index (χ3v) is 6.14. The number of carboxylic acid groups (broad SMARTS) is 1. The van der Waals surface area contributed by atoms with Gasteiger partial charge in [0.25, 0.3) is 0 Å². The summed E-state index contributed by atoms with van der Waals surface area (Å²) in [6.07, 6.45) is 2.42. The van der Waals surface area contributed by atoms with Gasteiger partial charge in [0.05, 0.1) is 18.4 Å². The number of nitrogens with zero attached hydrogens (tertiary/aromatic N) is 2. The van der Waals surface area contributed by atoms with Gasteiger partial charge in [-0.25, -0.2) is 9.18 Å². The van der Waals surface area contributed by atoms with Gasteiger partial charge < -0.3 is 19.5 Å². The van der Waals surface area contributed by atoms with Crippen LogP contribution in [0.5, 0.6) is 5.75 Å². The van der Waals surface area contributed by atoms with Crippen LogP contribution in [0.15, 0.2) is 24.4 Å². The van der Waals surface area contributed by atoms with Crippen LogP contribution >= 0.6 is 0 Å². The van der Waals surface area contributed by atoms with Gasteiger partial charge in [0.1, 0.15) is 0 Å². The fourth-order valence-corrected chi connectivity index (χ4v) is 4.23. The van der Waals surface area contributed by atoms with Gasteiger partial charge in [-0.3, -0.25) is 4.98 Å². The van der Waals surface area contributed by atoms with E-state index in [1.54, 1.807) is 25.3 Å². The summed E-state index contributed by atoms with van der Waals surface area (Å²) >= 11 is 0. The minimum atomic E-state index is -1.20. The number of anilines is 1. The van der Waals surface area contributed by atoms with Crippen molar-refractivity contribution in [2.24, 2.45) is 5.41 Å². The lowest BCUT2D eigenvalue weighted by Gasteiger charge is -2.41. The average molecular weight is 459 g/mol. The lowest BCUT2D eigenvalue weighted by molar-refractivity contribution is -0.160. The standard InChI is InChI=1S/C26H35FN2O4/c1-16-21(23(24(30)31)33-25(2,3)4)22(29-12-10-26(5,6)11-13-29)18(15-28-16)17-8-9-20(32-7)19(27)14-17/h8-9,14-15,23H,10-13H2,1-7H3,(H,30,31)/t23-/m0/s1. The molecule has 1 aromatic carbocycles. The topological polar surface area (TPSA) is 71.9 Å². The number of hydrogen-bond acceptors (Lipinski definition) is 5. The highest BCUT2D eigenvalue weighted by atomic mass is 19.1. The highest BCUT2D eigenvalue weighted by molar-refractivity contribution is 5.86. The summed E-state index contributed by atoms with van der Waals surface area (Å²) in [6, 6.07) is 4.76. The van der Waals surface area contributed by atoms with Crippen molar-refractivity contribution in [1.29, 1.82) is 0 Å². The van der Waals surface area contributed by atoms with E-state index < -0.39 is 23.5 Å². The molecule has 0 amide bonds. The first-order valence-electron chi connectivity index (χ1n) is 11.3. The number of aryl methyl sites for hydroxylation is 1. The van der Waals surface area contributed by atoms with Gasteiger partial charge in [-0.15, -0.1) is 0 Å². The van der Waals surface area contributed by atoms with Crippen molar-refractivity contribution in [2.75, 3.05) is 25.1 Å². The number of pyridine rings is 1. The van der Waals surface area contributed by atoms with Crippen LogP contribution in [0.4, 0.5) is 10.1 Å². The Morgan fingerprint density at radius 2 is 1.88 bits per heavy atom. The number of rotatable bonds is 6. The average Bonchev–Trinajstić information content (AvgIpc) is 2.71. The van der Waals surface area contributed by atoms with E-state index >= 15 is 0 Å². The minimum absolute atomic E-state index is 0.153. The Morgan fingerprint density at radius 1 is 1.24 bits per heavy atom. The van der Waals surface area contributed by atoms with Crippen molar-refractivity contribution < 1.29 is 23.8 Å². The number of benzene rings is 1. The second kappa shape index (κ2) is 9.29. The highest BCUT2D eigenvalue weighted by Gasteiger charge is 2.35. The van der Waals surface area contributed by atoms with Gasteiger partial charge in [-0.05, 0) is 63.6 Å². The molecule has 6 nitrogen and oxygen atoms in total. The predicted molar refractivity (Wildman–Crippen MR) is 127 cm³/mol. The van der Waals surface area contributed by atoms with E-state index in [-0.39, 0.29) is 11.2 Å². The number of methoxy groups -OCH3 is 1. The number of carboxylic acids is 1. The molecule has 1 fully saturated rings. The van der Waals surface area contributed by atoms with Crippen LogP contribution in [-0.4, -0.2) is 41.9 Å². The van der Waals surface area contributed by atoms with E-state index in [9.17, 15) is 14.3 Å². The number of aromatic nitrogens is 1. The van der Waals surface area contributed by atoms with Gasteiger partial charge in [-0.1, -0.05) is 19.9 Å². The van der Waals surface area contributed by atoms with Crippen molar-refractivity contribution in [3.8, 4) is 16.9 Å². The van der Waals surface area contributed by atoms with Gasteiger partial charge in [0, 0.05) is 36.1 Å². The zero-order valence-corrected chi connectivity index (χ0v) is 20.7. The Labute approximate surface area is 195 Å². The molecule has 0 spiro atoms. The Kier molecular flexibility index (Phi) is 7.03. The van der Waals surface area contributed by atoms with Gasteiger partial charge in [0.2, 0.25) is 0 Å². The molecular weight excluding hydrogens is 423 g/mol. The van der Waals surface area contributed by atoms with Crippen LogP contribution in [0.1, 0.15) is 64.8 Å². The first-order chi connectivity index (χ1) is 15.3. The molecule has 0 aliphatic carbocycles. The number of halogens is 1. The molecule has 1 atom stereocenters. The van der Waals surface area contributed by atoms with Crippen LogP contribution < -0.4 is 9.64 Å². The van der Waals surface area contributed by atoms with Crippen LogP contribution in [0.25, 0.3) is 11.1 Å². The zero-order valence-electron chi connectivity index (χ0n) is 20.7. The van der Waals surface area contributed by atoms with Crippen LogP contribution in [0, 0.1) is 18.2 Å². The minimum Gasteiger partial charge on any atom is -0.494 e. The summed E-state index contributed by atoms with van der Waals surface area (Å²) in [5, 5.41) is 10.1. The number of carbonyl (C=O) groups is 1. The molecule has 1 aliphatic rings. The van der Waals surface area contributed by atoms with Crippen molar-refractivity contribution >= 4 is 11.7 Å². The molecule has 3 rings (SSSR count). The van der Waals surface area contributed by atoms with Gasteiger partial charge in [-0.2, -0.15) is 0 Å². The number of piperidine rings is 1. The molecule has 2 heterocycles. The summed E-state index contributed by atoms with van der Waals surface area (Å²) in [7, 11) is 1.42. The Morgan fingerprint density at radius 3 is 2.39 bits per heavy atom. The number of hydrogen-bond donors (Lipinski definition) is 1. The zero-order chi connectivity index (χ0) is 24.6. The maximum atomic E-state index is 14.6. The molecule has 180 valence electrons. The summed E-state index contributed by atoms with van der Waals surface area (Å²) in [5.74, 6) is -1.41. The first kappa shape index (κ1) is 25.0. The van der Waals surface area contributed by atoms with Crippen molar-refractivity contribution in [1.82, 2.24) is 4.98 Å².